The van der Waals surface area contributed by atoms with Gasteiger partial charge < -0.3 is 19.5 Å². The predicted molar refractivity (Wildman–Crippen MR) is 101 cm³/mol. The Labute approximate surface area is 157 Å². The van der Waals surface area contributed by atoms with Crippen LogP contribution in [0.3, 0.4) is 0 Å². The van der Waals surface area contributed by atoms with E-state index >= 15 is 0 Å². The van der Waals surface area contributed by atoms with E-state index in [1.807, 2.05) is 19.1 Å². The highest BCUT2D eigenvalue weighted by molar-refractivity contribution is 5.94. The molecule has 0 radical (unpaired) electrons. The largest absolute Gasteiger partial charge is 0.493 e. The third-order valence-electron chi connectivity index (χ3n) is 4.36. The number of methoxy groups -OCH3 is 2. The average molecular weight is 370 g/mol. The Kier molecular flexibility index (Phi) is 5.49. The lowest BCUT2D eigenvalue weighted by atomic mass is 10.1. The summed E-state index contributed by atoms with van der Waals surface area (Å²) in [7, 11) is 3.09. The lowest BCUT2D eigenvalue weighted by molar-refractivity contribution is 0.0916. The van der Waals surface area contributed by atoms with Crippen molar-refractivity contribution in [1.29, 1.82) is 0 Å². The van der Waals surface area contributed by atoms with Gasteiger partial charge in [-0.3, -0.25) is 9.69 Å². The van der Waals surface area contributed by atoms with E-state index in [2.05, 4.69) is 5.32 Å². The lowest BCUT2D eigenvalue weighted by Gasteiger charge is -2.15. The maximum atomic E-state index is 12.2. The first-order valence-electron chi connectivity index (χ1n) is 8.57. The number of anilines is 1. The number of cyclic esters (lactones) is 1. The zero-order chi connectivity index (χ0) is 19.4. The molecule has 142 valence electrons. The molecule has 2 aromatic carbocycles. The van der Waals surface area contributed by atoms with E-state index < -0.39 is 12.2 Å². The highest BCUT2D eigenvalue weighted by Gasteiger charge is 2.33. The lowest BCUT2D eigenvalue weighted by Crippen LogP contribution is -2.34. The van der Waals surface area contributed by atoms with Gasteiger partial charge in [0.1, 0.15) is 6.10 Å². The second kappa shape index (κ2) is 7.99. The molecule has 7 nitrogen and oxygen atoms in total. The summed E-state index contributed by atoms with van der Waals surface area (Å²) in [5.74, 6) is 0.908. The van der Waals surface area contributed by atoms with Crippen molar-refractivity contribution in [3.8, 4) is 11.5 Å². The first-order chi connectivity index (χ1) is 13.0. The van der Waals surface area contributed by atoms with Gasteiger partial charge in [-0.1, -0.05) is 17.7 Å². The van der Waals surface area contributed by atoms with Crippen molar-refractivity contribution >= 4 is 17.7 Å². The Bertz CT molecular complexity index is 835. The molecule has 0 bridgehead atoms. The summed E-state index contributed by atoms with van der Waals surface area (Å²) in [6, 6.07) is 12.5. The van der Waals surface area contributed by atoms with E-state index in [1.54, 1.807) is 37.4 Å². The Balaban J connectivity index is 1.62. The molecule has 1 heterocycles. The number of ether oxygens (including phenoxy) is 3. The van der Waals surface area contributed by atoms with Gasteiger partial charge in [0.05, 0.1) is 33.0 Å². The minimum Gasteiger partial charge on any atom is -0.493 e. The van der Waals surface area contributed by atoms with Crippen LogP contribution in [0.1, 0.15) is 15.9 Å². The highest BCUT2D eigenvalue weighted by Crippen LogP contribution is 2.33. The third kappa shape index (κ3) is 4.13. The van der Waals surface area contributed by atoms with Gasteiger partial charge in [0, 0.05) is 11.6 Å². The molecular formula is C20H22N2O5. The molecule has 2 amide bonds. The molecule has 1 saturated heterocycles. The van der Waals surface area contributed by atoms with E-state index in [-0.39, 0.29) is 12.5 Å². The van der Waals surface area contributed by atoms with E-state index in [4.69, 9.17) is 14.2 Å². The summed E-state index contributed by atoms with van der Waals surface area (Å²) in [5.41, 5.74) is 2.30. The minimum absolute atomic E-state index is 0.199. The number of hydrogen-bond acceptors (Lipinski definition) is 5. The number of benzene rings is 2. The molecule has 27 heavy (non-hydrogen) atoms. The van der Waals surface area contributed by atoms with Crippen molar-refractivity contribution in [2.75, 3.05) is 32.2 Å². The molecule has 0 aliphatic carbocycles. The second-order valence-electron chi connectivity index (χ2n) is 6.23. The first kappa shape index (κ1) is 18.6. The van der Waals surface area contributed by atoms with Crippen molar-refractivity contribution in [2.45, 2.75) is 13.0 Å². The zero-order valence-electron chi connectivity index (χ0n) is 15.5. The van der Waals surface area contributed by atoms with Crippen LogP contribution in [0.2, 0.25) is 0 Å². The summed E-state index contributed by atoms with van der Waals surface area (Å²) >= 11 is 0. The van der Waals surface area contributed by atoms with Crippen LogP contribution in [-0.4, -0.2) is 45.4 Å². The maximum absolute atomic E-state index is 12.2. The fourth-order valence-corrected chi connectivity index (χ4v) is 2.85. The Morgan fingerprint density at radius 3 is 2.52 bits per heavy atom. The van der Waals surface area contributed by atoms with Crippen molar-refractivity contribution in [3.05, 3.63) is 53.6 Å². The van der Waals surface area contributed by atoms with Gasteiger partial charge in [-0.2, -0.15) is 0 Å². The number of carbonyl (C=O) groups excluding carboxylic acids is 2. The molecule has 1 aliphatic rings. The van der Waals surface area contributed by atoms with Crippen LogP contribution >= 0.6 is 0 Å². The summed E-state index contributed by atoms with van der Waals surface area (Å²) in [6.07, 6.45) is -0.892. The molecule has 0 spiro atoms. The van der Waals surface area contributed by atoms with Crippen molar-refractivity contribution in [2.24, 2.45) is 0 Å². The highest BCUT2D eigenvalue weighted by atomic mass is 16.6. The molecule has 1 unspecified atom stereocenters. The van der Waals surface area contributed by atoms with Crippen LogP contribution in [0.4, 0.5) is 10.5 Å². The van der Waals surface area contributed by atoms with E-state index in [0.29, 0.717) is 29.3 Å². The van der Waals surface area contributed by atoms with Gasteiger partial charge in [-0.15, -0.1) is 0 Å². The van der Waals surface area contributed by atoms with Crippen LogP contribution in [0, 0.1) is 6.92 Å². The topological polar surface area (TPSA) is 77.1 Å². The summed E-state index contributed by atoms with van der Waals surface area (Å²) in [4.78, 5) is 25.9. The summed E-state index contributed by atoms with van der Waals surface area (Å²) in [6.45, 7) is 2.53. The molecule has 0 saturated carbocycles. The Morgan fingerprint density at radius 1 is 1.15 bits per heavy atom. The third-order valence-corrected chi connectivity index (χ3v) is 4.36. The van der Waals surface area contributed by atoms with E-state index in [9.17, 15) is 9.59 Å². The number of nitrogens with zero attached hydrogens (tertiary/aromatic N) is 1. The smallest absolute Gasteiger partial charge is 0.414 e. The molecule has 3 rings (SSSR count). The monoisotopic (exact) mass is 370 g/mol. The first-order valence-corrected chi connectivity index (χ1v) is 8.57. The Morgan fingerprint density at radius 2 is 1.85 bits per heavy atom. The van der Waals surface area contributed by atoms with Gasteiger partial charge in [0.15, 0.2) is 11.5 Å². The van der Waals surface area contributed by atoms with Gasteiger partial charge in [0.2, 0.25) is 0 Å². The minimum atomic E-state index is -0.461. The maximum Gasteiger partial charge on any atom is 0.414 e. The number of amides is 2. The molecule has 1 atom stereocenters. The number of carbonyl (C=O) groups is 2. The van der Waals surface area contributed by atoms with Gasteiger partial charge in [-0.25, -0.2) is 4.79 Å². The molecule has 7 heteroatoms. The van der Waals surface area contributed by atoms with Crippen LogP contribution in [0.15, 0.2) is 42.5 Å². The quantitative estimate of drug-likeness (QED) is 0.846. The SMILES string of the molecule is COc1ccc(N2CC(CNC(=O)c3ccc(C)cc3)OC2=O)cc1OC. The van der Waals surface area contributed by atoms with Crippen LogP contribution < -0.4 is 19.7 Å². The average Bonchev–Trinajstić information content (AvgIpc) is 3.06. The fourth-order valence-electron chi connectivity index (χ4n) is 2.85. The Hall–Kier alpha value is -3.22. The zero-order valence-corrected chi connectivity index (χ0v) is 15.5. The van der Waals surface area contributed by atoms with Gasteiger partial charge >= 0.3 is 6.09 Å². The number of hydrogen-bond donors (Lipinski definition) is 1. The molecule has 0 aromatic heterocycles. The molecule has 1 fully saturated rings. The fraction of sp³-hybridized carbons (Fsp3) is 0.300. The molecule has 1 aliphatic heterocycles. The van der Waals surface area contributed by atoms with Gasteiger partial charge in [0.25, 0.3) is 5.91 Å². The van der Waals surface area contributed by atoms with Crippen molar-refractivity contribution < 1.29 is 23.8 Å². The van der Waals surface area contributed by atoms with Crippen molar-refractivity contribution in [1.82, 2.24) is 5.32 Å². The van der Waals surface area contributed by atoms with Gasteiger partial charge in [-0.05, 0) is 31.2 Å². The van der Waals surface area contributed by atoms with Crippen LogP contribution in [-0.2, 0) is 4.74 Å². The predicted octanol–water partition coefficient (Wildman–Crippen LogP) is 2.77. The van der Waals surface area contributed by atoms with Crippen LogP contribution in [0.25, 0.3) is 0 Å². The molecule has 2 aromatic rings. The number of rotatable bonds is 6. The summed E-state index contributed by atoms with van der Waals surface area (Å²) in [5, 5.41) is 2.81. The normalized spacial score (nSPS) is 16.0. The number of nitrogens with one attached hydrogen (secondary N) is 1. The second-order valence-corrected chi connectivity index (χ2v) is 6.23. The standard InChI is InChI=1S/C20H22N2O5/c1-13-4-6-14(7-5-13)19(23)21-11-16-12-22(20(24)27-16)15-8-9-17(25-2)18(10-15)26-3/h4-10,16H,11-12H2,1-3H3,(H,21,23). The van der Waals surface area contributed by atoms with Crippen LogP contribution in [0.5, 0.6) is 11.5 Å². The number of aryl methyl sites for hydroxylation is 1. The molecular weight excluding hydrogens is 348 g/mol. The molecule has 1 N–H and O–H groups in total. The summed E-state index contributed by atoms with van der Waals surface area (Å²) < 4.78 is 15.8. The van der Waals surface area contributed by atoms with Crippen molar-refractivity contribution in [3.63, 3.8) is 0 Å². The van der Waals surface area contributed by atoms with E-state index in [0.717, 1.165) is 5.56 Å². The van der Waals surface area contributed by atoms with E-state index in [1.165, 1.54) is 12.0 Å².